The molecule has 1 aromatic heterocycles. The lowest BCUT2D eigenvalue weighted by Crippen LogP contribution is -2.24. The van der Waals surface area contributed by atoms with Crippen LogP contribution in [0.1, 0.15) is 12.0 Å². The van der Waals surface area contributed by atoms with Crippen molar-refractivity contribution in [3.05, 3.63) is 30.1 Å². The van der Waals surface area contributed by atoms with Crippen LogP contribution in [0.25, 0.3) is 0 Å². The molecule has 1 unspecified atom stereocenters. The van der Waals surface area contributed by atoms with Gasteiger partial charge in [-0.1, -0.05) is 0 Å². The van der Waals surface area contributed by atoms with Crippen molar-refractivity contribution in [1.29, 1.82) is 0 Å². The SMILES string of the molecule is O=C=NC1CC(=O)N(Cc2ccncc2)C1. The molecule has 16 heavy (non-hydrogen) atoms. The van der Waals surface area contributed by atoms with Gasteiger partial charge >= 0.3 is 0 Å². The van der Waals surface area contributed by atoms with Crippen molar-refractivity contribution in [3.63, 3.8) is 0 Å². The molecule has 5 nitrogen and oxygen atoms in total. The number of hydrogen-bond donors (Lipinski definition) is 0. The zero-order chi connectivity index (χ0) is 11.4. The standard InChI is InChI=1S/C11H11N3O2/c15-8-13-10-5-11(16)14(7-10)6-9-1-3-12-4-2-9/h1-4,10H,5-7H2. The van der Waals surface area contributed by atoms with E-state index in [1.54, 1.807) is 17.3 Å². The summed E-state index contributed by atoms with van der Waals surface area (Å²) in [4.78, 5) is 30.9. The van der Waals surface area contributed by atoms with Crippen LogP contribution in [0, 0.1) is 0 Å². The number of likely N-dealkylation sites (tertiary alicyclic amines) is 1. The van der Waals surface area contributed by atoms with Crippen molar-refractivity contribution < 1.29 is 9.59 Å². The molecule has 1 amide bonds. The molecule has 0 radical (unpaired) electrons. The first-order chi connectivity index (χ1) is 7.79. The zero-order valence-corrected chi connectivity index (χ0v) is 8.67. The molecule has 0 aromatic carbocycles. The molecule has 0 bridgehead atoms. The Morgan fingerprint density at radius 3 is 2.94 bits per heavy atom. The van der Waals surface area contributed by atoms with Gasteiger partial charge in [0.25, 0.3) is 0 Å². The lowest BCUT2D eigenvalue weighted by Gasteiger charge is -2.15. The third kappa shape index (κ3) is 2.32. The van der Waals surface area contributed by atoms with E-state index in [4.69, 9.17) is 0 Å². The summed E-state index contributed by atoms with van der Waals surface area (Å²) in [6, 6.07) is 3.50. The van der Waals surface area contributed by atoms with Crippen LogP contribution in [0.15, 0.2) is 29.5 Å². The molecule has 5 heteroatoms. The Morgan fingerprint density at radius 2 is 2.25 bits per heavy atom. The smallest absolute Gasteiger partial charge is 0.235 e. The molecule has 0 spiro atoms. The third-order valence-electron chi connectivity index (χ3n) is 2.55. The zero-order valence-electron chi connectivity index (χ0n) is 8.67. The van der Waals surface area contributed by atoms with Gasteiger partial charge in [0.1, 0.15) is 0 Å². The number of amides is 1. The van der Waals surface area contributed by atoms with Gasteiger partial charge in [0.2, 0.25) is 12.0 Å². The number of rotatable bonds is 3. The molecule has 0 aliphatic carbocycles. The minimum atomic E-state index is -0.230. The van der Waals surface area contributed by atoms with Gasteiger partial charge in [-0.05, 0) is 17.7 Å². The van der Waals surface area contributed by atoms with Crippen molar-refractivity contribution in [2.45, 2.75) is 19.0 Å². The maximum atomic E-state index is 11.6. The van der Waals surface area contributed by atoms with Crippen molar-refractivity contribution in [2.75, 3.05) is 6.54 Å². The number of pyridine rings is 1. The van der Waals surface area contributed by atoms with Crippen molar-refractivity contribution in [2.24, 2.45) is 4.99 Å². The number of aromatic nitrogens is 1. The largest absolute Gasteiger partial charge is 0.336 e. The van der Waals surface area contributed by atoms with Crippen LogP contribution in [0.5, 0.6) is 0 Å². The Balaban J connectivity index is 2.01. The minimum absolute atomic E-state index is 0.0285. The highest BCUT2D eigenvalue weighted by Gasteiger charge is 2.29. The molecule has 1 aromatic rings. The van der Waals surface area contributed by atoms with Gasteiger partial charge in [-0.15, -0.1) is 0 Å². The molecule has 1 aliphatic heterocycles. The fourth-order valence-electron chi connectivity index (χ4n) is 1.77. The minimum Gasteiger partial charge on any atom is -0.336 e. The summed E-state index contributed by atoms with van der Waals surface area (Å²) in [6.45, 7) is 1.04. The summed E-state index contributed by atoms with van der Waals surface area (Å²) in [5, 5.41) is 0. The molecule has 82 valence electrons. The van der Waals surface area contributed by atoms with E-state index in [1.165, 1.54) is 6.08 Å². The second-order valence-corrected chi connectivity index (χ2v) is 3.71. The normalized spacial score (nSPS) is 19.6. The van der Waals surface area contributed by atoms with Gasteiger partial charge in [0.15, 0.2) is 0 Å². The van der Waals surface area contributed by atoms with Crippen LogP contribution in [0.2, 0.25) is 0 Å². The molecule has 1 aliphatic rings. The predicted molar refractivity (Wildman–Crippen MR) is 56.2 cm³/mol. The van der Waals surface area contributed by atoms with Gasteiger partial charge in [-0.25, -0.2) is 9.79 Å². The quantitative estimate of drug-likeness (QED) is 0.547. The average Bonchev–Trinajstić information content (AvgIpc) is 2.61. The van der Waals surface area contributed by atoms with Gasteiger partial charge in [-0.2, -0.15) is 0 Å². The van der Waals surface area contributed by atoms with E-state index in [-0.39, 0.29) is 11.9 Å². The molecular weight excluding hydrogens is 206 g/mol. The highest BCUT2D eigenvalue weighted by molar-refractivity contribution is 5.79. The van der Waals surface area contributed by atoms with Crippen LogP contribution < -0.4 is 0 Å². The van der Waals surface area contributed by atoms with Crippen LogP contribution >= 0.6 is 0 Å². The number of carbonyl (C=O) groups is 1. The first-order valence-corrected chi connectivity index (χ1v) is 5.03. The summed E-state index contributed by atoms with van der Waals surface area (Å²) < 4.78 is 0. The maximum absolute atomic E-state index is 11.6. The number of carbonyl (C=O) groups excluding carboxylic acids is 2. The van der Waals surface area contributed by atoms with E-state index in [0.717, 1.165) is 5.56 Å². The molecule has 0 saturated carbocycles. The molecule has 0 N–H and O–H groups in total. The monoisotopic (exact) mass is 217 g/mol. The van der Waals surface area contributed by atoms with Gasteiger partial charge in [0, 0.05) is 25.5 Å². The Bertz CT molecular complexity index is 426. The Hall–Kier alpha value is -2.00. The summed E-state index contributed by atoms with van der Waals surface area (Å²) in [5.41, 5.74) is 1.03. The van der Waals surface area contributed by atoms with Crippen LogP contribution in [0.4, 0.5) is 0 Å². The molecule has 1 fully saturated rings. The molecule has 1 atom stereocenters. The van der Waals surface area contributed by atoms with Crippen LogP contribution in [-0.4, -0.2) is 34.5 Å². The second kappa shape index (κ2) is 4.68. The van der Waals surface area contributed by atoms with Gasteiger partial charge in [-0.3, -0.25) is 9.78 Å². The Morgan fingerprint density at radius 1 is 1.50 bits per heavy atom. The van der Waals surface area contributed by atoms with Crippen LogP contribution in [0.3, 0.4) is 0 Å². The predicted octanol–water partition coefficient (Wildman–Crippen LogP) is 0.518. The summed E-state index contributed by atoms with van der Waals surface area (Å²) >= 11 is 0. The number of isocyanates is 1. The van der Waals surface area contributed by atoms with E-state index in [9.17, 15) is 9.59 Å². The third-order valence-corrected chi connectivity index (χ3v) is 2.55. The highest BCUT2D eigenvalue weighted by atomic mass is 16.2. The summed E-state index contributed by atoms with van der Waals surface area (Å²) in [7, 11) is 0. The summed E-state index contributed by atoms with van der Waals surface area (Å²) in [6.07, 6.45) is 5.19. The van der Waals surface area contributed by atoms with Crippen molar-refractivity contribution >= 4 is 12.0 Å². The van der Waals surface area contributed by atoms with E-state index in [1.807, 2.05) is 12.1 Å². The van der Waals surface area contributed by atoms with Crippen molar-refractivity contribution in [1.82, 2.24) is 9.88 Å². The first-order valence-electron chi connectivity index (χ1n) is 5.03. The number of nitrogens with zero attached hydrogens (tertiary/aromatic N) is 3. The number of hydrogen-bond acceptors (Lipinski definition) is 4. The van der Waals surface area contributed by atoms with Crippen molar-refractivity contribution in [3.8, 4) is 0 Å². The highest BCUT2D eigenvalue weighted by Crippen LogP contribution is 2.16. The van der Waals surface area contributed by atoms with E-state index in [0.29, 0.717) is 19.5 Å². The average molecular weight is 217 g/mol. The Kier molecular flexibility index (Phi) is 3.08. The summed E-state index contributed by atoms with van der Waals surface area (Å²) in [5.74, 6) is 0.0285. The molecule has 2 rings (SSSR count). The molecule has 1 saturated heterocycles. The topological polar surface area (TPSA) is 62.6 Å². The number of aliphatic imine (C=N–C) groups is 1. The molecular formula is C11H11N3O2. The fraction of sp³-hybridized carbons (Fsp3) is 0.364. The first kappa shape index (κ1) is 10.5. The van der Waals surface area contributed by atoms with E-state index < -0.39 is 0 Å². The van der Waals surface area contributed by atoms with Gasteiger partial charge in [0.05, 0.1) is 12.5 Å². The second-order valence-electron chi connectivity index (χ2n) is 3.71. The fourth-order valence-corrected chi connectivity index (χ4v) is 1.77. The lowest BCUT2D eigenvalue weighted by molar-refractivity contribution is -0.128. The van der Waals surface area contributed by atoms with E-state index in [2.05, 4.69) is 9.98 Å². The molecule has 2 heterocycles. The maximum Gasteiger partial charge on any atom is 0.235 e. The Labute approximate surface area is 92.8 Å². The lowest BCUT2D eigenvalue weighted by atomic mass is 10.2. The van der Waals surface area contributed by atoms with Crippen LogP contribution in [-0.2, 0) is 16.1 Å². The van der Waals surface area contributed by atoms with E-state index >= 15 is 0 Å². The van der Waals surface area contributed by atoms with Gasteiger partial charge < -0.3 is 4.90 Å².